The van der Waals surface area contributed by atoms with E-state index in [0.717, 1.165) is 30.3 Å². The van der Waals surface area contributed by atoms with E-state index in [4.69, 9.17) is 4.74 Å². The van der Waals surface area contributed by atoms with Crippen molar-refractivity contribution in [3.63, 3.8) is 0 Å². The Morgan fingerprint density at radius 2 is 2.50 bits per heavy atom. The monoisotopic (exact) mass is 266 g/mol. The Morgan fingerprint density at radius 3 is 3.22 bits per heavy atom. The van der Waals surface area contributed by atoms with Crippen LogP contribution in [0.4, 0.5) is 0 Å². The predicted octanol–water partition coefficient (Wildman–Crippen LogP) is 1.56. The van der Waals surface area contributed by atoms with Gasteiger partial charge >= 0.3 is 5.97 Å². The van der Waals surface area contributed by atoms with Gasteiger partial charge in [0.15, 0.2) is 0 Å². The number of carbonyl (C=O) groups is 1. The minimum Gasteiger partial charge on any atom is -0.469 e. The Balaban J connectivity index is 1.97. The Labute approximate surface area is 112 Å². The second-order valence-corrected chi connectivity index (χ2v) is 5.45. The fourth-order valence-electron chi connectivity index (χ4n) is 2.06. The van der Waals surface area contributed by atoms with Gasteiger partial charge in [0.25, 0.3) is 0 Å². The van der Waals surface area contributed by atoms with E-state index < -0.39 is 0 Å². The zero-order chi connectivity index (χ0) is 12.8. The summed E-state index contributed by atoms with van der Waals surface area (Å²) in [4.78, 5) is 18.1. The number of thioether (sulfide) groups is 1. The van der Waals surface area contributed by atoms with E-state index in [1.807, 2.05) is 36.2 Å². The fraction of sp³-hybridized carbons (Fsp3) is 0.538. The molecule has 2 rings (SSSR count). The maximum Gasteiger partial charge on any atom is 0.307 e. The molecule has 0 saturated carbocycles. The predicted molar refractivity (Wildman–Crippen MR) is 72.4 cm³/mol. The summed E-state index contributed by atoms with van der Waals surface area (Å²) < 4.78 is 4.76. The molecule has 0 N–H and O–H groups in total. The van der Waals surface area contributed by atoms with Gasteiger partial charge in [-0.15, -0.1) is 0 Å². The molecule has 1 aromatic heterocycles. The third-order valence-electron chi connectivity index (χ3n) is 3.07. The van der Waals surface area contributed by atoms with Gasteiger partial charge in [-0.2, -0.15) is 11.8 Å². The topological polar surface area (TPSA) is 42.4 Å². The van der Waals surface area contributed by atoms with Gasteiger partial charge in [-0.05, 0) is 12.1 Å². The summed E-state index contributed by atoms with van der Waals surface area (Å²) in [5.41, 5.74) is 1.05. The van der Waals surface area contributed by atoms with Crippen molar-refractivity contribution in [2.24, 2.45) is 0 Å². The number of ether oxygens (including phenoxy) is 1. The van der Waals surface area contributed by atoms with Crippen molar-refractivity contribution in [2.75, 3.05) is 25.2 Å². The molecule has 18 heavy (non-hydrogen) atoms. The van der Waals surface area contributed by atoms with Crippen molar-refractivity contribution in [2.45, 2.75) is 19.0 Å². The van der Waals surface area contributed by atoms with Gasteiger partial charge in [-0.1, -0.05) is 6.07 Å². The highest BCUT2D eigenvalue weighted by atomic mass is 32.2. The van der Waals surface area contributed by atoms with Crippen LogP contribution in [0.15, 0.2) is 24.4 Å². The summed E-state index contributed by atoms with van der Waals surface area (Å²) >= 11 is 1.90. The first kappa shape index (κ1) is 13.4. The number of methoxy groups -OCH3 is 1. The molecule has 1 fully saturated rings. The van der Waals surface area contributed by atoms with E-state index in [0.29, 0.717) is 6.42 Å². The van der Waals surface area contributed by atoms with Gasteiger partial charge in [0.2, 0.25) is 0 Å². The van der Waals surface area contributed by atoms with Crippen LogP contribution >= 0.6 is 11.8 Å². The molecule has 1 saturated heterocycles. The molecular weight excluding hydrogens is 248 g/mol. The molecule has 0 aliphatic carbocycles. The van der Waals surface area contributed by atoms with Gasteiger partial charge in [0.1, 0.15) is 0 Å². The average Bonchev–Trinajstić information content (AvgIpc) is 2.42. The second kappa shape index (κ2) is 6.75. The average molecular weight is 266 g/mol. The first-order valence-electron chi connectivity index (χ1n) is 6.08. The van der Waals surface area contributed by atoms with Crippen molar-refractivity contribution >= 4 is 17.7 Å². The summed E-state index contributed by atoms with van der Waals surface area (Å²) in [6.07, 6.45) is 2.28. The maximum absolute atomic E-state index is 11.4. The fourth-order valence-corrected chi connectivity index (χ4v) is 3.19. The number of nitrogens with zero attached hydrogens (tertiary/aromatic N) is 2. The van der Waals surface area contributed by atoms with Gasteiger partial charge in [-0.3, -0.25) is 14.7 Å². The highest BCUT2D eigenvalue weighted by Crippen LogP contribution is 2.21. The van der Waals surface area contributed by atoms with Crippen molar-refractivity contribution in [1.82, 2.24) is 9.88 Å². The molecule has 5 heteroatoms. The van der Waals surface area contributed by atoms with Crippen LogP contribution in [0.5, 0.6) is 0 Å². The second-order valence-electron chi connectivity index (χ2n) is 4.30. The highest BCUT2D eigenvalue weighted by molar-refractivity contribution is 7.99. The van der Waals surface area contributed by atoms with Crippen LogP contribution in [-0.4, -0.2) is 47.1 Å². The summed E-state index contributed by atoms with van der Waals surface area (Å²) in [5.74, 6) is 1.97. The van der Waals surface area contributed by atoms with Gasteiger partial charge in [-0.25, -0.2) is 0 Å². The van der Waals surface area contributed by atoms with Gasteiger partial charge < -0.3 is 4.74 Å². The molecule has 4 nitrogen and oxygen atoms in total. The lowest BCUT2D eigenvalue weighted by molar-refractivity contribution is -0.141. The zero-order valence-electron chi connectivity index (χ0n) is 10.5. The minimum absolute atomic E-state index is 0.131. The number of pyridine rings is 1. The molecule has 1 aliphatic rings. The molecule has 1 aromatic rings. The zero-order valence-corrected chi connectivity index (χ0v) is 11.4. The van der Waals surface area contributed by atoms with Crippen LogP contribution in [0.3, 0.4) is 0 Å². The number of esters is 1. The van der Waals surface area contributed by atoms with Crippen LogP contribution in [0, 0.1) is 0 Å². The normalized spacial score (nSPS) is 20.6. The molecule has 0 radical (unpaired) electrons. The quantitative estimate of drug-likeness (QED) is 0.774. The van der Waals surface area contributed by atoms with E-state index in [1.54, 1.807) is 0 Å². The SMILES string of the molecule is COC(=O)C[C@@H]1CSCCN1Cc1ccccn1. The summed E-state index contributed by atoms with van der Waals surface area (Å²) in [5, 5.41) is 0. The lowest BCUT2D eigenvalue weighted by Crippen LogP contribution is -2.43. The standard InChI is InChI=1S/C13H18N2O2S/c1-17-13(16)8-12-10-18-7-6-15(12)9-11-4-2-3-5-14-11/h2-5,12H,6-10H2,1H3/t12-/m1/s1. The van der Waals surface area contributed by atoms with Gasteiger partial charge in [0, 0.05) is 36.8 Å². The molecule has 0 spiro atoms. The van der Waals surface area contributed by atoms with Crippen molar-refractivity contribution < 1.29 is 9.53 Å². The highest BCUT2D eigenvalue weighted by Gasteiger charge is 2.25. The van der Waals surface area contributed by atoms with Crippen LogP contribution in [0.2, 0.25) is 0 Å². The summed E-state index contributed by atoms with van der Waals surface area (Å²) in [6, 6.07) is 6.20. The third kappa shape index (κ3) is 3.71. The Morgan fingerprint density at radius 1 is 1.61 bits per heavy atom. The molecule has 1 atom stereocenters. The smallest absolute Gasteiger partial charge is 0.307 e. The number of aromatic nitrogens is 1. The Hall–Kier alpha value is -1.07. The number of hydrogen-bond acceptors (Lipinski definition) is 5. The van der Waals surface area contributed by atoms with E-state index in [1.165, 1.54) is 7.11 Å². The molecule has 2 heterocycles. The van der Waals surface area contributed by atoms with E-state index >= 15 is 0 Å². The minimum atomic E-state index is -0.131. The molecule has 0 aromatic carbocycles. The lowest BCUT2D eigenvalue weighted by Gasteiger charge is -2.34. The van der Waals surface area contributed by atoms with Crippen molar-refractivity contribution in [3.8, 4) is 0 Å². The number of rotatable bonds is 4. The van der Waals surface area contributed by atoms with E-state index in [-0.39, 0.29) is 12.0 Å². The molecular formula is C13H18N2O2S. The largest absolute Gasteiger partial charge is 0.469 e. The maximum atomic E-state index is 11.4. The lowest BCUT2D eigenvalue weighted by atomic mass is 10.2. The molecule has 0 amide bonds. The van der Waals surface area contributed by atoms with E-state index in [2.05, 4.69) is 9.88 Å². The Bertz CT molecular complexity index is 386. The van der Waals surface area contributed by atoms with Crippen LogP contribution in [0.25, 0.3) is 0 Å². The molecule has 1 aliphatic heterocycles. The van der Waals surface area contributed by atoms with Crippen LogP contribution in [0.1, 0.15) is 12.1 Å². The first-order valence-corrected chi connectivity index (χ1v) is 7.23. The molecule has 0 unspecified atom stereocenters. The van der Waals surface area contributed by atoms with Crippen molar-refractivity contribution in [3.05, 3.63) is 30.1 Å². The first-order chi connectivity index (χ1) is 8.79. The van der Waals surface area contributed by atoms with E-state index in [9.17, 15) is 4.79 Å². The summed E-state index contributed by atoms with van der Waals surface area (Å²) in [6.45, 7) is 1.81. The van der Waals surface area contributed by atoms with Crippen molar-refractivity contribution in [1.29, 1.82) is 0 Å². The van der Waals surface area contributed by atoms with Crippen LogP contribution < -0.4 is 0 Å². The molecule has 98 valence electrons. The van der Waals surface area contributed by atoms with Gasteiger partial charge in [0.05, 0.1) is 19.2 Å². The number of carbonyl (C=O) groups excluding carboxylic acids is 1. The third-order valence-corrected chi connectivity index (χ3v) is 4.16. The number of hydrogen-bond donors (Lipinski definition) is 0. The summed E-state index contributed by atoms with van der Waals surface area (Å²) in [7, 11) is 1.45. The molecule has 0 bridgehead atoms. The Kier molecular flexibility index (Phi) is 5.01. The van der Waals surface area contributed by atoms with Crippen LogP contribution in [-0.2, 0) is 16.1 Å².